The van der Waals surface area contributed by atoms with Crippen molar-refractivity contribution in [1.29, 1.82) is 0 Å². The molecule has 4 nitrogen and oxygen atoms in total. The monoisotopic (exact) mass is 344 g/mol. The van der Waals surface area contributed by atoms with Crippen molar-refractivity contribution in [3.63, 3.8) is 0 Å². The highest BCUT2D eigenvalue weighted by molar-refractivity contribution is 7.17. The number of carbonyl (C=O) groups excluding carboxylic acids is 2. The minimum absolute atomic E-state index is 0.0237. The maximum absolute atomic E-state index is 12.1. The summed E-state index contributed by atoms with van der Waals surface area (Å²) in [5.74, 6) is -0.108. The standard InChI is InChI=1S/C19H24N2O2S/c1-12-17(13(2)22)24-18(20-12)21-16(23)11-8-14-6-9-15(10-7-14)19(3,4)5/h6-7,9-10H,8,11H2,1-5H3,(H,20,21,23). The number of amides is 1. The maximum atomic E-state index is 12.1. The summed E-state index contributed by atoms with van der Waals surface area (Å²) in [7, 11) is 0. The fourth-order valence-electron chi connectivity index (χ4n) is 2.39. The second-order valence-corrected chi connectivity index (χ2v) is 7.98. The Morgan fingerprint density at radius 1 is 1.17 bits per heavy atom. The van der Waals surface area contributed by atoms with E-state index in [1.807, 2.05) is 0 Å². The van der Waals surface area contributed by atoms with Gasteiger partial charge in [0.05, 0.1) is 10.6 Å². The average molecular weight is 344 g/mol. The van der Waals surface area contributed by atoms with Gasteiger partial charge in [0.25, 0.3) is 0 Å². The average Bonchev–Trinajstić information content (AvgIpc) is 2.85. The molecule has 1 heterocycles. The van der Waals surface area contributed by atoms with Gasteiger partial charge in [0.2, 0.25) is 5.91 Å². The molecule has 1 aromatic carbocycles. The Labute approximate surface area is 147 Å². The molecule has 0 atom stereocenters. The molecule has 0 saturated heterocycles. The van der Waals surface area contributed by atoms with Crippen LogP contribution in [-0.4, -0.2) is 16.7 Å². The van der Waals surface area contributed by atoms with Crippen LogP contribution in [0.2, 0.25) is 0 Å². The van der Waals surface area contributed by atoms with E-state index in [1.165, 1.54) is 23.8 Å². The number of carbonyl (C=O) groups is 2. The van der Waals surface area contributed by atoms with Gasteiger partial charge in [0.1, 0.15) is 0 Å². The van der Waals surface area contributed by atoms with E-state index in [2.05, 4.69) is 55.3 Å². The summed E-state index contributed by atoms with van der Waals surface area (Å²) in [5.41, 5.74) is 3.22. The van der Waals surface area contributed by atoms with Crippen LogP contribution in [0.15, 0.2) is 24.3 Å². The summed E-state index contributed by atoms with van der Waals surface area (Å²) in [4.78, 5) is 28.3. The van der Waals surface area contributed by atoms with Crippen molar-refractivity contribution in [2.45, 2.75) is 52.9 Å². The second-order valence-electron chi connectivity index (χ2n) is 6.98. The van der Waals surface area contributed by atoms with Gasteiger partial charge in [0, 0.05) is 13.3 Å². The Morgan fingerprint density at radius 3 is 2.29 bits per heavy atom. The number of thiazole rings is 1. The van der Waals surface area contributed by atoms with Gasteiger partial charge in [-0.25, -0.2) is 4.98 Å². The summed E-state index contributed by atoms with van der Waals surface area (Å²) < 4.78 is 0. The third-order valence-corrected chi connectivity index (χ3v) is 5.00. The molecule has 1 aromatic heterocycles. The number of rotatable bonds is 5. The Morgan fingerprint density at radius 2 is 1.79 bits per heavy atom. The van der Waals surface area contributed by atoms with E-state index in [0.717, 1.165) is 5.56 Å². The zero-order valence-corrected chi connectivity index (χ0v) is 15.7. The van der Waals surface area contributed by atoms with Gasteiger partial charge in [-0.05, 0) is 29.9 Å². The lowest BCUT2D eigenvalue weighted by Gasteiger charge is -2.19. The van der Waals surface area contributed by atoms with Crippen LogP contribution >= 0.6 is 11.3 Å². The van der Waals surface area contributed by atoms with Crippen LogP contribution in [0.5, 0.6) is 0 Å². The fraction of sp³-hybridized carbons (Fsp3) is 0.421. The van der Waals surface area contributed by atoms with Crippen LogP contribution in [0.25, 0.3) is 0 Å². The van der Waals surface area contributed by atoms with E-state index in [-0.39, 0.29) is 17.1 Å². The normalized spacial score (nSPS) is 11.4. The van der Waals surface area contributed by atoms with Crippen molar-refractivity contribution < 1.29 is 9.59 Å². The zero-order valence-electron chi connectivity index (χ0n) is 14.9. The fourth-order valence-corrected chi connectivity index (χ4v) is 3.27. The predicted molar refractivity (Wildman–Crippen MR) is 98.9 cm³/mol. The van der Waals surface area contributed by atoms with E-state index in [1.54, 1.807) is 6.92 Å². The van der Waals surface area contributed by atoms with Gasteiger partial charge in [-0.3, -0.25) is 9.59 Å². The van der Waals surface area contributed by atoms with Gasteiger partial charge in [-0.15, -0.1) is 0 Å². The van der Waals surface area contributed by atoms with E-state index in [4.69, 9.17) is 0 Å². The summed E-state index contributed by atoms with van der Waals surface area (Å²) in [6, 6.07) is 8.40. The van der Waals surface area contributed by atoms with Crippen molar-refractivity contribution >= 4 is 28.2 Å². The van der Waals surface area contributed by atoms with Crippen molar-refractivity contribution in [1.82, 2.24) is 4.98 Å². The van der Waals surface area contributed by atoms with E-state index in [0.29, 0.717) is 28.5 Å². The molecule has 0 aliphatic rings. The highest BCUT2D eigenvalue weighted by atomic mass is 32.1. The van der Waals surface area contributed by atoms with Crippen molar-refractivity contribution in [2.24, 2.45) is 0 Å². The Balaban J connectivity index is 1.91. The molecule has 24 heavy (non-hydrogen) atoms. The first kappa shape index (κ1) is 18.3. The van der Waals surface area contributed by atoms with Crippen molar-refractivity contribution in [3.8, 4) is 0 Å². The summed E-state index contributed by atoms with van der Waals surface area (Å²) in [5, 5.41) is 3.27. The largest absolute Gasteiger partial charge is 0.302 e. The predicted octanol–water partition coefficient (Wildman–Crippen LogP) is 4.52. The Kier molecular flexibility index (Phi) is 5.54. The minimum Gasteiger partial charge on any atom is -0.302 e. The van der Waals surface area contributed by atoms with Crippen LogP contribution in [0.4, 0.5) is 5.13 Å². The first-order valence-corrected chi connectivity index (χ1v) is 8.86. The van der Waals surface area contributed by atoms with Gasteiger partial charge < -0.3 is 5.32 Å². The van der Waals surface area contributed by atoms with Crippen molar-refractivity contribution in [2.75, 3.05) is 5.32 Å². The number of hydrogen-bond acceptors (Lipinski definition) is 4. The van der Waals surface area contributed by atoms with Crippen molar-refractivity contribution in [3.05, 3.63) is 46.0 Å². The van der Waals surface area contributed by atoms with Crippen LogP contribution in [0.1, 0.15) is 60.6 Å². The number of Topliss-reactive ketones (excluding diaryl/α,β-unsaturated/α-hetero) is 1. The van der Waals surface area contributed by atoms with Crippen LogP contribution in [0.3, 0.4) is 0 Å². The molecule has 1 amide bonds. The van der Waals surface area contributed by atoms with E-state index < -0.39 is 0 Å². The van der Waals surface area contributed by atoms with Crippen LogP contribution in [0, 0.1) is 6.92 Å². The lowest BCUT2D eigenvalue weighted by atomic mass is 9.86. The molecule has 0 saturated carbocycles. The molecule has 2 rings (SSSR count). The SMILES string of the molecule is CC(=O)c1sc(NC(=O)CCc2ccc(C(C)(C)C)cc2)nc1C. The van der Waals surface area contributed by atoms with Gasteiger partial charge in [-0.1, -0.05) is 56.4 Å². The van der Waals surface area contributed by atoms with Gasteiger partial charge >= 0.3 is 0 Å². The summed E-state index contributed by atoms with van der Waals surface area (Å²) in [6.45, 7) is 9.83. The lowest BCUT2D eigenvalue weighted by Crippen LogP contribution is -2.13. The lowest BCUT2D eigenvalue weighted by molar-refractivity contribution is -0.116. The van der Waals surface area contributed by atoms with Crippen LogP contribution < -0.4 is 5.32 Å². The molecule has 0 fully saturated rings. The summed E-state index contributed by atoms with van der Waals surface area (Å²) >= 11 is 1.23. The molecule has 0 aliphatic heterocycles. The third-order valence-electron chi connectivity index (χ3n) is 3.82. The second kappa shape index (κ2) is 7.26. The van der Waals surface area contributed by atoms with Crippen LogP contribution in [-0.2, 0) is 16.6 Å². The number of aromatic nitrogens is 1. The molecular weight excluding hydrogens is 320 g/mol. The molecular formula is C19H24N2O2S. The first-order chi connectivity index (χ1) is 11.2. The maximum Gasteiger partial charge on any atom is 0.226 e. The highest BCUT2D eigenvalue weighted by Crippen LogP contribution is 2.24. The Bertz CT molecular complexity index is 740. The highest BCUT2D eigenvalue weighted by Gasteiger charge is 2.14. The molecule has 0 spiro atoms. The molecule has 128 valence electrons. The molecule has 2 aromatic rings. The number of ketones is 1. The van der Waals surface area contributed by atoms with E-state index in [9.17, 15) is 9.59 Å². The molecule has 1 N–H and O–H groups in total. The summed E-state index contributed by atoms with van der Waals surface area (Å²) in [6.07, 6.45) is 1.07. The number of nitrogens with zero attached hydrogens (tertiary/aromatic N) is 1. The minimum atomic E-state index is -0.0845. The molecule has 0 aliphatic carbocycles. The molecule has 5 heteroatoms. The Hall–Kier alpha value is -2.01. The van der Waals surface area contributed by atoms with Gasteiger partial charge in [0.15, 0.2) is 10.9 Å². The van der Waals surface area contributed by atoms with E-state index >= 15 is 0 Å². The first-order valence-electron chi connectivity index (χ1n) is 8.04. The zero-order chi connectivity index (χ0) is 17.9. The third kappa shape index (κ3) is 4.74. The molecule has 0 bridgehead atoms. The topological polar surface area (TPSA) is 59.1 Å². The number of benzene rings is 1. The molecule has 0 radical (unpaired) electrons. The number of anilines is 1. The number of hydrogen-bond donors (Lipinski definition) is 1. The number of nitrogens with one attached hydrogen (secondary N) is 1. The quantitative estimate of drug-likeness (QED) is 0.811. The molecule has 0 unspecified atom stereocenters. The number of aryl methyl sites for hydroxylation is 2. The van der Waals surface area contributed by atoms with Gasteiger partial charge in [-0.2, -0.15) is 0 Å². The smallest absolute Gasteiger partial charge is 0.226 e.